The molecule has 3 rings (SSSR count). The number of tetrazole rings is 1. The fourth-order valence-electron chi connectivity index (χ4n) is 1.35. The summed E-state index contributed by atoms with van der Waals surface area (Å²) < 4.78 is 12.6. The number of fused-ring (bicyclic) bond motifs is 1. The quantitative estimate of drug-likeness (QED) is 0.777. The highest BCUT2D eigenvalue weighted by molar-refractivity contribution is 9.10. The number of rotatable bonds is 1. The van der Waals surface area contributed by atoms with Crippen LogP contribution in [0, 0.1) is 0 Å². The predicted octanol–water partition coefficient (Wildman–Crippen LogP) is 1.15. The first-order valence-electron chi connectivity index (χ1n) is 4.18. The van der Waals surface area contributed by atoms with E-state index < -0.39 is 0 Å². The minimum absolute atomic E-state index is 0.259. The third-order valence-electron chi connectivity index (χ3n) is 2.03. The SMILES string of the molecule is Brc1nnnn1-c1ccc2c(c1)OCO2. The smallest absolute Gasteiger partial charge is 0.231 e. The van der Waals surface area contributed by atoms with E-state index in [0.717, 1.165) is 11.4 Å². The highest BCUT2D eigenvalue weighted by Gasteiger charge is 2.15. The molecule has 0 saturated carbocycles. The summed E-state index contributed by atoms with van der Waals surface area (Å²) in [7, 11) is 0. The number of nitrogens with zero attached hydrogens (tertiary/aromatic N) is 4. The molecule has 0 saturated heterocycles. The Labute approximate surface area is 92.9 Å². The van der Waals surface area contributed by atoms with Crippen LogP contribution in [0.1, 0.15) is 0 Å². The molecule has 0 radical (unpaired) electrons. The zero-order valence-corrected chi connectivity index (χ0v) is 9.01. The normalized spacial score (nSPS) is 13.1. The van der Waals surface area contributed by atoms with Crippen LogP contribution in [0.15, 0.2) is 22.9 Å². The average molecular weight is 269 g/mol. The number of ether oxygens (including phenoxy) is 2. The van der Waals surface area contributed by atoms with Gasteiger partial charge in [0.15, 0.2) is 11.5 Å². The monoisotopic (exact) mass is 268 g/mol. The number of halogens is 1. The van der Waals surface area contributed by atoms with Gasteiger partial charge in [-0.05, 0) is 38.5 Å². The Morgan fingerprint density at radius 1 is 1.27 bits per heavy atom. The van der Waals surface area contributed by atoms with Gasteiger partial charge >= 0.3 is 0 Å². The first-order chi connectivity index (χ1) is 7.34. The van der Waals surface area contributed by atoms with Crippen LogP contribution in [0.3, 0.4) is 0 Å². The standard InChI is InChI=1S/C8H5BrN4O2/c9-8-10-11-12-13(8)5-1-2-6-7(3-5)15-4-14-6/h1-3H,4H2. The second-order valence-electron chi connectivity index (χ2n) is 2.90. The van der Waals surface area contributed by atoms with Gasteiger partial charge in [0.1, 0.15) is 0 Å². The summed E-state index contributed by atoms with van der Waals surface area (Å²) >= 11 is 3.24. The van der Waals surface area contributed by atoms with E-state index in [1.807, 2.05) is 18.2 Å². The topological polar surface area (TPSA) is 62.1 Å². The molecule has 0 atom stereocenters. The average Bonchev–Trinajstić information content (AvgIpc) is 2.84. The molecule has 0 spiro atoms. The number of aromatic nitrogens is 4. The van der Waals surface area contributed by atoms with Crippen molar-refractivity contribution in [2.45, 2.75) is 0 Å². The summed E-state index contributed by atoms with van der Waals surface area (Å²) in [5.41, 5.74) is 0.816. The van der Waals surface area contributed by atoms with Crippen molar-refractivity contribution < 1.29 is 9.47 Å². The molecule has 0 fully saturated rings. The molecule has 6 nitrogen and oxygen atoms in total. The van der Waals surface area contributed by atoms with E-state index in [-0.39, 0.29) is 6.79 Å². The maximum atomic E-state index is 5.26. The van der Waals surface area contributed by atoms with Crippen LogP contribution in [-0.2, 0) is 0 Å². The lowest BCUT2D eigenvalue weighted by molar-refractivity contribution is 0.174. The Morgan fingerprint density at radius 2 is 2.13 bits per heavy atom. The molecule has 2 aromatic rings. The number of benzene rings is 1. The van der Waals surface area contributed by atoms with E-state index in [1.165, 1.54) is 0 Å². The van der Waals surface area contributed by atoms with Gasteiger partial charge in [-0.15, -0.1) is 5.10 Å². The summed E-state index contributed by atoms with van der Waals surface area (Å²) in [5.74, 6) is 1.44. The summed E-state index contributed by atoms with van der Waals surface area (Å²) in [6.45, 7) is 0.259. The van der Waals surface area contributed by atoms with Crippen molar-refractivity contribution in [3.05, 3.63) is 22.9 Å². The zero-order chi connectivity index (χ0) is 10.3. The molecular weight excluding hydrogens is 264 g/mol. The van der Waals surface area contributed by atoms with E-state index in [4.69, 9.17) is 9.47 Å². The van der Waals surface area contributed by atoms with Crippen LogP contribution in [0.25, 0.3) is 5.69 Å². The molecule has 0 unspecified atom stereocenters. The molecule has 1 aromatic carbocycles. The minimum atomic E-state index is 0.259. The molecule has 0 amide bonds. The fourth-order valence-corrected chi connectivity index (χ4v) is 1.70. The summed E-state index contributed by atoms with van der Waals surface area (Å²) in [6, 6.07) is 5.50. The fraction of sp³-hybridized carbons (Fsp3) is 0.125. The van der Waals surface area contributed by atoms with Crippen molar-refractivity contribution >= 4 is 15.9 Å². The van der Waals surface area contributed by atoms with Crippen LogP contribution in [-0.4, -0.2) is 27.0 Å². The Kier molecular flexibility index (Phi) is 1.84. The Bertz CT molecular complexity index is 513. The first kappa shape index (κ1) is 8.66. The third kappa shape index (κ3) is 1.35. The molecule has 1 aromatic heterocycles. The van der Waals surface area contributed by atoms with Gasteiger partial charge in [-0.3, -0.25) is 0 Å². The molecule has 1 aliphatic heterocycles. The van der Waals surface area contributed by atoms with Crippen LogP contribution in [0.2, 0.25) is 0 Å². The number of hydrogen-bond acceptors (Lipinski definition) is 5. The lowest BCUT2D eigenvalue weighted by atomic mass is 10.3. The summed E-state index contributed by atoms with van der Waals surface area (Å²) in [5, 5.41) is 11.1. The molecular formula is C8H5BrN4O2. The van der Waals surface area contributed by atoms with E-state index in [0.29, 0.717) is 10.5 Å². The Hall–Kier alpha value is -1.63. The molecule has 2 heterocycles. The summed E-state index contributed by atoms with van der Waals surface area (Å²) in [6.07, 6.45) is 0. The Morgan fingerprint density at radius 3 is 2.93 bits per heavy atom. The van der Waals surface area contributed by atoms with Gasteiger partial charge < -0.3 is 9.47 Å². The second-order valence-corrected chi connectivity index (χ2v) is 3.61. The molecule has 0 bridgehead atoms. The lowest BCUT2D eigenvalue weighted by Gasteiger charge is -2.01. The molecule has 1 aliphatic rings. The van der Waals surface area contributed by atoms with Gasteiger partial charge in [0.05, 0.1) is 5.69 Å². The third-order valence-corrected chi connectivity index (χ3v) is 2.53. The largest absolute Gasteiger partial charge is 0.454 e. The summed E-state index contributed by atoms with van der Waals surface area (Å²) in [4.78, 5) is 0. The molecule has 7 heteroatoms. The zero-order valence-electron chi connectivity index (χ0n) is 7.42. The van der Waals surface area contributed by atoms with Gasteiger partial charge in [0.25, 0.3) is 0 Å². The number of hydrogen-bond donors (Lipinski definition) is 0. The highest BCUT2D eigenvalue weighted by Crippen LogP contribution is 2.33. The maximum absolute atomic E-state index is 5.26. The van der Waals surface area contributed by atoms with E-state index in [9.17, 15) is 0 Å². The van der Waals surface area contributed by atoms with Gasteiger partial charge in [-0.1, -0.05) is 0 Å². The van der Waals surface area contributed by atoms with Crippen LogP contribution in [0.5, 0.6) is 11.5 Å². The van der Waals surface area contributed by atoms with Gasteiger partial charge in [-0.25, -0.2) is 0 Å². The van der Waals surface area contributed by atoms with Gasteiger partial charge in [0.2, 0.25) is 11.5 Å². The molecule has 0 N–H and O–H groups in total. The lowest BCUT2D eigenvalue weighted by Crippen LogP contribution is -1.97. The van der Waals surface area contributed by atoms with Crippen molar-refractivity contribution in [1.29, 1.82) is 0 Å². The van der Waals surface area contributed by atoms with Crippen molar-refractivity contribution in [3.63, 3.8) is 0 Å². The van der Waals surface area contributed by atoms with E-state index in [1.54, 1.807) is 4.68 Å². The Balaban J connectivity index is 2.11. The van der Waals surface area contributed by atoms with E-state index >= 15 is 0 Å². The van der Waals surface area contributed by atoms with Crippen molar-refractivity contribution in [1.82, 2.24) is 20.2 Å². The minimum Gasteiger partial charge on any atom is -0.454 e. The van der Waals surface area contributed by atoms with Gasteiger partial charge in [-0.2, -0.15) is 4.68 Å². The predicted molar refractivity (Wildman–Crippen MR) is 53.0 cm³/mol. The van der Waals surface area contributed by atoms with Crippen LogP contribution < -0.4 is 9.47 Å². The first-order valence-corrected chi connectivity index (χ1v) is 4.98. The molecule has 15 heavy (non-hydrogen) atoms. The van der Waals surface area contributed by atoms with Crippen LogP contribution in [0.4, 0.5) is 0 Å². The molecule has 76 valence electrons. The van der Waals surface area contributed by atoms with Gasteiger partial charge in [0, 0.05) is 6.07 Å². The van der Waals surface area contributed by atoms with E-state index in [2.05, 4.69) is 31.5 Å². The van der Waals surface area contributed by atoms with Crippen LogP contribution >= 0.6 is 15.9 Å². The molecule has 0 aliphatic carbocycles. The van der Waals surface area contributed by atoms with Crippen molar-refractivity contribution in [3.8, 4) is 17.2 Å². The highest BCUT2D eigenvalue weighted by atomic mass is 79.9. The van der Waals surface area contributed by atoms with Crippen molar-refractivity contribution in [2.24, 2.45) is 0 Å². The second kappa shape index (κ2) is 3.20. The maximum Gasteiger partial charge on any atom is 0.231 e. The van der Waals surface area contributed by atoms with Crippen molar-refractivity contribution in [2.75, 3.05) is 6.79 Å².